The molecule has 2 atom stereocenters. The zero-order chi connectivity index (χ0) is 23.5. The third kappa shape index (κ3) is 3.70. The van der Waals surface area contributed by atoms with Crippen molar-refractivity contribution in [2.45, 2.75) is 63.5 Å². The Morgan fingerprint density at radius 3 is 2.52 bits per heavy atom. The monoisotopic (exact) mass is 456 g/mol. The molecule has 1 aromatic heterocycles. The number of amides is 1. The van der Waals surface area contributed by atoms with Gasteiger partial charge < -0.3 is 15.0 Å². The number of nitrogens with zero attached hydrogens (tertiary/aromatic N) is 1. The van der Waals surface area contributed by atoms with E-state index in [2.05, 4.69) is 5.32 Å². The molecule has 4 saturated carbocycles. The van der Waals surface area contributed by atoms with Crippen LogP contribution in [0.1, 0.15) is 77.6 Å². The molecule has 0 spiro atoms. The Hall–Kier alpha value is -2.54. The van der Waals surface area contributed by atoms with Crippen LogP contribution in [0.3, 0.4) is 0 Å². The van der Waals surface area contributed by atoms with Crippen molar-refractivity contribution in [3.8, 4) is 0 Å². The molecule has 2 N–H and O–H groups in total. The number of ketones is 1. The molecule has 5 nitrogen and oxygen atoms in total. The zero-order valence-corrected chi connectivity index (χ0v) is 19.0. The lowest BCUT2D eigenvalue weighted by atomic mass is 9.52. The largest absolute Gasteiger partial charge is 0.390 e. The number of nitrogens with one attached hydrogen (secondary N) is 1. The summed E-state index contributed by atoms with van der Waals surface area (Å²) in [5.74, 6) is -2.09. The first-order valence-corrected chi connectivity index (χ1v) is 11.9. The second-order valence-corrected chi connectivity index (χ2v) is 10.3. The normalized spacial score (nSPS) is 30.0. The zero-order valence-electron chi connectivity index (χ0n) is 19.0. The maximum atomic E-state index is 14.3. The van der Waals surface area contributed by atoms with Crippen LogP contribution in [0.25, 0.3) is 0 Å². The molecule has 6 rings (SSSR count). The SMILES string of the molecule is CCCc1cc(C(=O)c2cccc(F)c2F)n(C)c1C(=O)NC1C2CC3CC1CC(O)(C3)C2. The van der Waals surface area contributed by atoms with E-state index in [0.29, 0.717) is 18.0 Å². The van der Waals surface area contributed by atoms with Gasteiger partial charge in [-0.3, -0.25) is 9.59 Å². The molecule has 1 amide bonds. The Labute approximate surface area is 192 Å². The van der Waals surface area contributed by atoms with Crippen molar-refractivity contribution in [3.63, 3.8) is 0 Å². The van der Waals surface area contributed by atoms with E-state index < -0.39 is 23.0 Å². The fraction of sp³-hybridized carbons (Fsp3) is 0.538. The van der Waals surface area contributed by atoms with Gasteiger partial charge in [-0.25, -0.2) is 8.78 Å². The molecule has 7 heteroatoms. The first kappa shape index (κ1) is 22.3. The van der Waals surface area contributed by atoms with Gasteiger partial charge in [-0.05, 0) is 80.0 Å². The minimum absolute atomic E-state index is 0.0125. The fourth-order valence-electron chi connectivity index (χ4n) is 6.90. The summed E-state index contributed by atoms with van der Waals surface area (Å²) in [6.45, 7) is 1.99. The third-order valence-electron chi connectivity index (χ3n) is 8.01. The highest BCUT2D eigenvalue weighted by Gasteiger charge is 2.55. The second kappa shape index (κ2) is 8.05. The summed E-state index contributed by atoms with van der Waals surface area (Å²) in [7, 11) is 1.62. The number of aliphatic hydroxyl groups is 1. The summed E-state index contributed by atoms with van der Waals surface area (Å²) in [5, 5.41) is 14.1. The molecule has 4 aliphatic carbocycles. The van der Waals surface area contributed by atoms with Crippen molar-refractivity contribution in [2.24, 2.45) is 24.8 Å². The first-order valence-electron chi connectivity index (χ1n) is 11.9. The predicted octanol–water partition coefficient (Wildman–Crippen LogP) is 4.16. The van der Waals surface area contributed by atoms with Gasteiger partial charge in [0.25, 0.3) is 5.91 Å². The number of carbonyl (C=O) groups excluding carboxylic acids is 2. The highest BCUT2D eigenvalue weighted by molar-refractivity contribution is 6.09. The van der Waals surface area contributed by atoms with E-state index in [-0.39, 0.29) is 35.0 Å². The summed E-state index contributed by atoms with van der Waals surface area (Å²) >= 11 is 0. The molecule has 2 aromatic rings. The lowest BCUT2D eigenvalue weighted by Crippen LogP contribution is -2.61. The standard InChI is InChI=1S/C26H30F2N2O3/c1-3-5-15-10-20(24(31)18-6-4-7-19(27)21(18)28)30(2)23(15)25(32)29-22-16-8-14-9-17(22)13-26(33,11-14)12-16/h4,6-7,10,14,16-17,22,33H,3,5,8-9,11-13H2,1-2H3,(H,29,32). The lowest BCUT2D eigenvalue weighted by Gasteiger charge is -2.58. The van der Waals surface area contributed by atoms with E-state index in [1.807, 2.05) is 6.92 Å². The number of carbonyl (C=O) groups is 2. The Bertz CT molecular complexity index is 1110. The summed E-state index contributed by atoms with van der Waals surface area (Å²) < 4.78 is 29.5. The van der Waals surface area contributed by atoms with Crippen molar-refractivity contribution in [2.75, 3.05) is 0 Å². The summed E-state index contributed by atoms with van der Waals surface area (Å²) in [4.78, 5) is 26.6. The number of benzene rings is 1. The molecule has 2 unspecified atom stereocenters. The van der Waals surface area contributed by atoms with Crippen molar-refractivity contribution in [1.82, 2.24) is 9.88 Å². The molecule has 0 saturated heterocycles. The van der Waals surface area contributed by atoms with Gasteiger partial charge in [0.15, 0.2) is 11.6 Å². The topological polar surface area (TPSA) is 71.3 Å². The number of rotatable bonds is 6. The third-order valence-corrected chi connectivity index (χ3v) is 8.01. The van der Waals surface area contributed by atoms with Gasteiger partial charge in [-0.2, -0.15) is 0 Å². The van der Waals surface area contributed by atoms with Crippen LogP contribution in [0.5, 0.6) is 0 Å². The molecule has 0 aliphatic heterocycles. The van der Waals surface area contributed by atoms with Crippen LogP contribution in [0.4, 0.5) is 8.78 Å². The summed E-state index contributed by atoms with van der Waals surface area (Å²) in [6, 6.07) is 5.17. The predicted molar refractivity (Wildman–Crippen MR) is 119 cm³/mol. The van der Waals surface area contributed by atoms with Crippen LogP contribution < -0.4 is 5.32 Å². The molecule has 4 bridgehead atoms. The number of aryl methyl sites for hydroxylation is 1. The van der Waals surface area contributed by atoms with Crippen LogP contribution in [-0.2, 0) is 13.5 Å². The number of halogens is 2. The summed E-state index contributed by atoms with van der Waals surface area (Å²) in [5.41, 5.74) is 0.349. The minimum atomic E-state index is -1.18. The summed E-state index contributed by atoms with van der Waals surface area (Å²) in [6.07, 6.45) is 5.75. The van der Waals surface area contributed by atoms with Crippen LogP contribution in [0.2, 0.25) is 0 Å². The van der Waals surface area contributed by atoms with E-state index >= 15 is 0 Å². The highest BCUT2D eigenvalue weighted by Crippen LogP contribution is 2.55. The van der Waals surface area contributed by atoms with Crippen molar-refractivity contribution >= 4 is 11.7 Å². The van der Waals surface area contributed by atoms with E-state index in [1.54, 1.807) is 13.1 Å². The molecular formula is C26H30F2N2O3. The van der Waals surface area contributed by atoms with E-state index in [9.17, 15) is 23.5 Å². The van der Waals surface area contributed by atoms with Crippen LogP contribution >= 0.6 is 0 Å². The smallest absolute Gasteiger partial charge is 0.268 e. The van der Waals surface area contributed by atoms with E-state index in [4.69, 9.17) is 0 Å². The van der Waals surface area contributed by atoms with Gasteiger partial charge in [0.2, 0.25) is 5.78 Å². The van der Waals surface area contributed by atoms with E-state index in [0.717, 1.165) is 50.2 Å². The first-order chi connectivity index (χ1) is 15.7. The molecule has 1 aromatic carbocycles. The Morgan fingerprint density at radius 1 is 1.18 bits per heavy atom. The van der Waals surface area contributed by atoms with Crippen molar-refractivity contribution in [1.29, 1.82) is 0 Å². The number of aromatic nitrogens is 1. The molecule has 4 fully saturated rings. The van der Waals surface area contributed by atoms with Crippen molar-refractivity contribution in [3.05, 3.63) is 58.4 Å². The Morgan fingerprint density at radius 2 is 1.88 bits per heavy atom. The minimum Gasteiger partial charge on any atom is -0.390 e. The van der Waals surface area contributed by atoms with Crippen LogP contribution in [-0.4, -0.2) is 33.0 Å². The molecule has 1 heterocycles. The average Bonchev–Trinajstić information content (AvgIpc) is 3.07. The van der Waals surface area contributed by atoms with Crippen molar-refractivity contribution < 1.29 is 23.5 Å². The Kier molecular flexibility index (Phi) is 5.43. The number of hydrogen-bond donors (Lipinski definition) is 2. The van der Waals surface area contributed by atoms with Gasteiger partial charge in [0, 0.05) is 13.1 Å². The molecule has 33 heavy (non-hydrogen) atoms. The molecule has 4 aliphatic rings. The van der Waals surface area contributed by atoms with Gasteiger partial charge in [-0.15, -0.1) is 0 Å². The quantitative estimate of drug-likeness (QED) is 0.642. The average molecular weight is 457 g/mol. The van der Waals surface area contributed by atoms with E-state index in [1.165, 1.54) is 16.7 Å². The number of hydrogen-bond acceptors (Lipinski definition) is 3. The van der Waals surface area contributed by atoms with Gasteiger partial charge in [0.05, 0.1) is 16.9 Å². The fourth-order valence-corrected chi connectivity index (χ4v) is 6.90. The maximum Gasteiger partial charge on any atom is 0.268 e. The van der Waals surface area contributed by atoms with Gasteiger partial charge in [-0.1, -0.05) is 19.4 Å². The molecular weight excluding hydrogens is 426 g/mol. The van der Waals surface area contributed by atoms with Crippen LogP contribution in [0.15, 0.2) is 24.3 Å². The van der Waals surface area contributed by atoms with Crippen LogP contribution in [0, 0.1) is 29.4 Å². The van der Waals surface area contributed by atoms with Gasteiger partial charge >= 0.3 is 0 Å². The lowest BCUT2D eigenvalue weighted by molar-refractivity contribution is -0.137. The molecule has 176 valence electrons. The maximum absolute atomic E-state index is 14.3. The second-order valence-electron chi connectivity index (χ2n) is 10.3. The highest BCUT2D eigenvalue weighted by atomic mass is 19.2. The molecule has 0 radical (unpaired) electrons. The van der Waals surface area contributed by atoms with Gasteiger partial charge in [0.1, 0.15) is 5.69 Å². The Balaban J connectivity index is 1.44.